The monoisotopic (exact) mass is 317 g/mol. The van der Waals surface area contributed by atoms with E-state index in [9.17, 15) is 0 Å². The second kappa shape index (κ2) is 5.08. The largest absolute Gasteiger partial charge is 0.484 e. The molecule has 2 aromatic rings. The number of nitrogen functional groups attached to an aromatic ring is 1. The summed E-state index contributed by atoms with van der Waals surface area (Å²) in [6.07, 6.45) is 0. The summed E-state index contributed by atoms with van der Waals surface area (Å²) in [5.41, 5.74) is 6.34. The van der Waals surface area contributed by atoms with Crippen LogP contribution in [0, 0.1) is 0 Å². The van der Waals surface area contributed by atoms with E-state index >= 15 is 0 Å². The van der Waals surface area contributed by atoms with Gasteiger partial charge in [-0.3, -0.25) is 0 Å². The second-order valence-corrected chi connectivity index (χ2v) is 5.40. The van der Waals surface area contributed by atoms with Gasteiger partial charge < -0.3 is 10.5 Å². The Labute approximate surface area is 111 Å². The zero-order valence-corrected chi connectivity index (χ0v) is 11.4. The molecule has 0 unspecified atom stereocenters. The Morgan fingerprint density at radius 1 is 1.38 bits per heavy atom. The van der Waals surface area contributed by atoms with Gasteiger partial charge in [0.05, 0.1) is 15.6 Å². The normalized spacial score (nSPS) is 10.4. The minimum atomic E-state index is 0.464. The molecule has 0 saturated heterocycles. The van der Waals surface area contributed by atoms with Crippen molar-refractivity contribution in [2.24, 2.45) is 0 Å². The molecule has 1 aromatic heterocycles. The molecule has 0 spiro atoms. The van der Waals surface area contributed by atoms with Crippen molar-refractivity contribution < 1.29 is 4.74 Å². The highest BCUT2D eigenvalue weighted by Crippen LogP contribution is 2.32. The maximum Gasteiger partial charge on any atom is 0.161 e. The first-order valence-corrected chi connectivity index (χ1v) is 6.62. The lowest BCUT2D eigenvalue weighted by atomic mass is 10.3. The van der Waals surface area contributed by atoms with Crippen LogP contribution in [-0.2, 0) is 6.61 Å². The van der Waals surface area contributed by atoms with Crippen molar-refractivity contribution in [3.05, 3.63) is 44.0 Å². The highest BCUT2D eigenvalue weighted by molar-refractivity contribution is 9.10. The standard InChI is InChI=1S/C11H9BrClNOS/c12-7-4-5-16-10(7)6-15-11-8(13)2-1-3-9(11)14/h1-5H,6,14H2. The van der Waals surface area contributed by atoms with Gasteiger partial charge in [0, 0.05) is 4.47 Å². The van der Waals surface area contributed by atoms with Crippen LogP contribution in [0.15, 0.2) is 34.1 Å². The average molecular weight is 319 g/mol. The van der Waals surface area contributed by atoms with Gasteiger partial charge in [-0.15, -0.1) is 11.3 Å². The average Bonchev–Trinajstić information content (AvgIpc) is 2.64. The molecule has 1 heterocycles. The summed E-state index contributed by atoms with van der Waals surface area (Å²) in [4.78, 5) is 1.11. The highest BCUT2D eigenvalue weighted by atomic mass is 79.9. The molecular formula is C11H9BrClNOS. The number of anilines is 1. The number of halogens is 2. The van der Waals surface area contributed by atoms with E-state index in [1.807, 2.05) is 11.4 Å². The number of rotatable bonds is 3. The van der Waals surface area contributed by atoms with Crippen LogP contribution >= 0.6 is 38.9 Å². The summed E-state index contributed by atoms with van der Waals surface area (Å²) >= 11 is 11.1. The Balaban J connectivity index is 2.14. The van der Waals surface area contributed by atoms with Gasteiger partial charge in [0.15, 0.2) is 5.75 Å². The van der Waals surface area contributed by atoms with Gasteiger partial charge in [0.1, 0.15) is 6.61 Å². The van der Waals surface area contributed by atoms with Gasteiger partial charge in [-0.25, -0.2) is 0 Å². The van der Waals surface area contributed by atoms with E-state index in [1.165, 1.54) is 0 Å². The topological polar surface area (TPSA) is 35.2 Å². The fourth-order valence-corrected chi connectivity index (χ4v) is 2.86. The van der Waals surface area contributed by atoms with E-state index in [0.717, 1.165) is 9.35 Å². The third kappa shape index (κ3) is 2.51. The fraction of sp³-hybridized carbons (Fsp3) is 0.0909. The molecular weight excluding hydrogens is 310 g/mol. The number of para-hydroxylation sites is 1. The molecule has 0 saturated carbocycles. The van der Waals surface area contributed by atoms with Gasteiger partial charge in [0.25, 0.3) is 0 Å². The second-order valence-electron chi connectivity index (χ2n) is 3.14. The summed E-state index contributed by atoms with van der Waals surface area (Å²) in [5.74, 6) is 0.546. The lowest BCUT2D eigenvalue weighted by Crippen LogP contribution is -1.98. The Hall–Kier alpha value is -0.710. The molecule has 0 aliphatic rings. The molecule has 0 atom stereocenters. The molecule has 2 N–H and O–H groups in total. The summed E-state index contributed by atoms with van der Waals surface area (Å²) in [7, 11) is 0. The van der Waals surface area contributed by atoms with Crippen LogP contribution < -0.4 is 10.5 Å². The lowest BCUT2D eigenvalue weighted by Gasteiger charge is -2.09. The maximum atomic E-state index is 6.00. The van der Waals surface area contributed by atoms with Crippen LogP contribution in [0.5, 0.6) is 5.75 Å². The van der Waals surface area contributed by atoms with Crippen molar-refractivity contribution in [1.29, 1.82) is 0 Å². The molecule has 2 nitrogen and oxygen atoms in total. The van der Waals surface area contributed by atoms with Crippen molar-refractivity contribution in [3.8, 4) is 5.75 Å². The number of nitrogens with two attached hydrogens (primary N) is 1. The molecule has 2 rings (SSSR count). The van der Waals surface area contributed by atoms with Gasteiger partial charge >= 0.3 is 0 Å². The Morgan fingerprint density at radius 2 is 2.19 bits per heavy atom. The maximum absolute atomic E-state index is 6.00. The fourth-order valence-electron chi connectivity index (χ4n) is 1.24. The number of benzene rings is 1. The van der Waals surface area contributed by atoms with E-state index in [-0.39, 0.29) is 0 Å². The van der Waals surface area contributed by atoms with Gasteiger partial charge in [-0.05, 0) is 39.5 Å². The Bertz CT molecular complexity index is 480. The molecule has 1 aromatic carbocycles. The number of ether oxygens (including phenoxy) is 1. The first-order chi connectivity index (χ1) is 7.68. The summed E-state index contributed by atoms with van der Waals surface area (Å²) in [6.45, 7) is 0.464. The van der Waals surface area contributed by atoms with Gasteiger partial charge in [-0.1, -0.05) is 17.7 Å². The van der Waals surface area contributed by atoms with E-state index in [2.05, 4.69) is 15.9 Å². The van der Waals surface area contributed by atoms with Crippen molar-refractivity contribution in [3.63, 3.8) is 0 Å². The SMILES string of the molecule is Nc1cccc(Cl)c1OCc1sccc1Br. The van der Waals surface area contributed by atoms with Crippen molar-refractivity contribution in [2.45, 2.75) is 6.61 Å². The zero-order chi connectivity index (χ0) is 11.5. The van der Waals surface area contributed by atoms with E-state index in [4.69, 9.17) is 22.1 Å². The van der Waals surface area contributed by atoms with Crippen molar-refractivity contribution in [2.75, 3.05) is 5.73 Å². The molecule has 84 valence electrons. The van der Waals surface area contributed by atoms with Crippen molar-refractivity contribution >= 4 is 44.6 Å². The first kappa shape index (κ1) is 11.8. The molecule has 0 aliphatic carbocycles. The van der Waals surface area contributed by atoms with Crippen LogP contribution in [0.25, 0.3) is 0 Å². The Kier molecular flexibility index (Phi) is 3.74. The molecule has 0 aliphatic heterocycles. The third-order valence-electron chi connectivity index (χ3n) is 2.04. The molecule has 16 heavy (non-hydrogen) atoms. The minimum absolute atomic E-state index is 0.464. The summed E-state index contributed by atoms with van der Waals surface area (Å²) < 4.78 is 6.66. The molecule has 0 amide bonds. The third-order valence-corrected chi connectivity index (χ3v) is 4.23. The number of hydrogen-bond acceptors (Lipinski definition) is 3. The van der Waals surface area contributed by atoms with Crippen LogP contribution in [0.1, 0.15) is 4.88 Å². The first-order valence-electron chi connectivity index (χ1n) is 4.57. The summed E-state index contributed by atoms with van der Waals surface area (Å²) in [6, 6.07) is 7.31. The predicted octanol–water partition coefficient (Wildman–Crippen LogP) is 4.33. The minimum Gasteiger partial charge on any atom is -0.484 e. The Morgan fingerprint density at radius 3 is 2.81 bits per heavy atom. The number of thiophene rings is 1. The summed E-state index contributed by atoms with van der Waals surface area (Å²) in [5, 5.41) is 2.53. The smallest absolute Gasteiger partial charge is 0.161 e. The molecule has 5 heteroatoms. The quantitative estimate of drug-likeness (QED) is 0.855. The van der Waals surface area contributed by atoms with Crippen LogP contribution in [0.3, 0.4) is 0 Å². The van der Waals surface area contributed by atoms with E-state index < -0.39 is 0 Å². The highest BCUT2D eigenvalue weighted by Gasteiger charge is 2.07. The zero-order valence-electron chi connectivity index (χ0n) is 8.24. The van der Waals surface area contributed by atoms with Crippen molar-refractivity contribution in [1.82, 2.24) is 0 Å². The van der Waals surface area contributed by atoms with E-state index in [0.29, 0.717) is 23.1 Å². The molecule has 0 fully saturated rings. The van der Waals surface area contributed by atoms with Gasteiger partial charge in [0.2, 0.25) is 0 Å². The van der Waals surface area contributed by atoms with Crippen LogP contribution in [-0.4, -0.2) is 0 Å². The molecule has 0 radical (unpaired) electrons. The van der Waals surface area contributed by atoms with Crippen LogP contribution in [0.2, 0.25) is 5.02 Å². The van der Waals surface area contributed by atoms with Crippen LogP contribution in [0.4, 0.5) is 5.69 Å². The predicted molar refractivity (Wildman–Crippen MR) is 72.2 cm³/mol. The lowest BCUT2D eigenvalue weighted by molar-refractivity contribution is 0.311. The molecule has 0 bridgehead atoms. The van der Waals surface area contributed by atoms with Gasteiger partial charge in [-0.2, -0.15) is 0 Å². The number of hydrogen-bond donors (Lipinski definition) is 1. The van der Waals surface area contributed by atoms with E-state index in [1.54, 1.807) is 29.5 Å².